The number of fused-ring (bicyclic) bond motifs is 1. The molecule has 0 aliphatic carbocycles. The van der Waals surface area contributed by atoms with E-state index in [0.717, 1.165) is 17.1 Å². The summed E-state index contributed by atoms with van der Waals surface area (Å²) in [6.45, 7) is 4.21. The number of hydrogen-bond acceptors (Lipinski definition) is 5. The predicted molar refractivity (Wildman–Crippen MR) is 82.6 cm³/mol. The fraction of sp³-hybridized carbons (Fsp3) is 0.125. The van der Waals surface area contributed by atoms with Crippen LogP contribution in [0.25, 0.3) is 0 Å². The molecule has 0 spiro atoms. The largest absolute Gasteiger partial charge is 0.454 e. The second-order valence-corrected chi connectivity index (χ2v) is 4.62. The molecule has 2 N–H and O–H groups in total. The first-order chi connectivity index (χ1) is 10.8. The first kappa shape index (κ1) is 13.9. The van der Waals surface area contributed by atoms with Crippen LogP contribution in [-0.4, -0.2) is 24.2 Å². The van der Waals surface area contributed by atoms with Gasteiger partial charge >= 0.3 is 0 Å². The lowest BCUT2D eigenvalue weighted by Gasteiger charge is -2.08. The van der Waals surface area contributed by atoms with Crippen molar-refractivity contribution >= 4 is 17.3 Å². The summed E-state index contributed by atoms with van der Waals surface area (Å²) < 4.78 is 10.6. The van der Waals surface area contributed by atoms with Crippen LogP contribution < -0.4 is 20.1 Å². The van der Waals surface area contributed by atoms with Crippen molar-refractivity contribution in [1.82, 2.24) is 10.3 Å². The molecule has 3 rings (SSSR count). The zero-order chi connectivity index (χ0) is 15.4. The SMILES string of the molecule is C=CCNC(=O)c1ccc(Nc2ccc3c(c2)OCO3)cn1. The number of nitrogens with one attached hydrogen (secondary N) is 2. The average molecular weight is 297 g/mol. The second-order valence-electron chi connectivity index (χ2n) is 4.62. The van der Waals surface area contributed by atoms with Gasteiger partial charge in [-0.2, -0.15) is 0 Å². The van der Waals surface area contributed by atoms with Gasteiger partial charge in [0.05, 0.1) is 11.9 Å². The van der Waals surface area contributed by atoms with Gasteiger partial charge in [0.15, 0.2) is 11.5 Å². The van der Waals surface area contributed by atoms with Crippen LogP contribution in [0.3, 0.4) is 0 Å². The highest BCUT2D eigenvalue weighted by atomic mass is 16.7. The Morgan fingerprint density at radius 3 is 2.82 bits per heavy atom. The molecular weight excluding hydrogens is 282 g/mol. The van der Waals surface area contributed by atoms with Crippen LogP contribution in [0.15, 0.2) is 49.2 Å². The number of amides is 1. The standard InChI is InChI=1S/C16H15N3O3/c1-2-7-17-16(20)13-5-3-12(9-18-13)19-11-4-6-14-15(8-11)22-10-21-14/h2-6,8-9,19H,1,7,10H2,(H,17,20). The number of ether oxygens (including phenoxy) is 2. The molecule has 1 aliphatic heterocycles. The third-order valence-corrected chi connectivity index (χ3v) is 3.06. The molecule has 2 heterocycles. The van der Waals surface area contributed by atoms with Gasteiger partial charge in [-0.3, -0.25) is 4.79 Å². The molecule has 1 amide bonds. The molecule has 22 heavy (non-hydrogen) atoms. The molecule has 112 valence electrons. The molecule has 0 saturated carbocycles. The van der Waals surface area contributed by atoms with E-state index in [4.69, 9.17) is 9.47 Å². The smallest absolute Gasteiger partial charge is 0.270 e. The van der Waals surface area contributed by atoms with Crippen LogP contribution in [-0.2, 0) is 0 Å². The van der Waals surface area contributed by atoms with Gasteiger partial charge in [-0.05, 0) is 24.3 Å². The summed E-state index contributed by atoms with van der Waals surface area (Å²) >= 11 is 0. The van der Waals surface area contributed by atoms with Crippen molar-refractivity contribution in [2.24, 2.45) is 0 Å². The van der Waals surface area contributed by atoms with Crippen LogP contribution >= 0.6 is 0 Å². The summed E-state index contributed by atoms with van der Waals surface area (Å²) in [5, 5.41) is 5.87. The Morgan fingerprint density at radius 1 is 1.23 bits per heavy atom. The van der Waals surface area contributed by atoms with Gasteiger partial charge in [-0.25, -0.2) is 4.98 Å². The van der Waals surface area contributed by atoms with E-state index in [9.17, 15) is 4.79 Å². The molecule has 0 radical (unpaired) electrons. The minimum Gasteiger partial charge on any atom is -0.454 e. The van der Waals surface area contributed by atoms with E-state index in [1.54, 1.807) is 24.4 Å². The van der Waals surface area contributed by atoms with Gasteiger partial charge in [0.25, 0.3) is 5.91 Å². The highest BCUT2D eigenvalue weighted by molar-refractivity contribution is 5.92. The quantitative estimate of drug-likeness (QED) is 0.829. The Bertz CT molecular complexity index is 698. The Balaban J connectivity index is 1.68. The van der Waals surface area contributed by atoms with Crippen molar-refractivity contribution in [2.75, 3.05) is 18.7 Å². The fourth-order valence-corrected chi connectivity index (χ4v) is 2.00. The summed E-state index contributed by atoms with van der Waals surface area (Å²) in [5.41, 5.74) is 1.99. The second kappa shape index (κ2) is 6.17. The van der Waals surface area contributed by atoms with E-state index in [1.807, 2.05) is 18.2 Å². The molecule has 0 atom stereocenters. The molecule has 0 unspecified atom stereocenters. The summed E-state index contributed by atoms with van der Waals surface area (Å²) in [7, 11) is 0. The number of benzene rings is 1. The summed E-state index contributed by atoms with van der Waals surface area (Å²) in [5.74, 6) is 1.21. The van der Waals surface area contributed by atoms with Gasteiger partial charge < -0.3 is 20.1 Å². The van der Waals surface area contributed by atoms with Crippen molar-refractivity contribution in [3.05, 3.63) is 54.9 Å². The number of anilines is 2. The average Bonchev–Trinajstić information content (AvgIpc) is 3.01. The van der Waals surface area contributed by atoms with Crippen LogP contribution in [0.1, 0.15) is 10.5 Å². The highest BCUT2D eigenvalue weighted by Gasteiger charge is 2.13. The lowest BCUT2D eigenvalue weighted by atomic mass is 10.2. The maximum atomic E-state index is 11.7. The number of hydrogen-bond donors (Lipinski definition) is 2. The minimum absolute atomic E-state index is 0.227. The number of carbonyl (C=O) groups is 1. The van der Waals surface area contributed by atoms with Gasteiger partial charge in [0, 0.05) is 18.3 Å². The fourth-order valence-electron chi connectivity index (χ4n) is 2.00. The molecule has 1 aromatic carbocycles. The zero-order valence-corrected chi connectivity index (χ0v) is 11.8. The van der Waals surface area contributed by atoms with Crippen LogP contribution in [0, 0.1) is 0 Å². The van der Waals surface area contributed by atoms with Crippen molar-refractivity contribution in [2.45, 2.75) is 0 Å². The van der Waals surface area contributed by atoms with E-state index in [0.29, 0.717) is 18.0 Å². The van der Waals surface area contributed by atoms with E-state index < -0.39 is 0 Å². The van der Waals surface area contributed by atoms with Crippen LogP contribution in [0.2, 0.25) is 0 Å². The molecule has 1 aromatic heterocycles. The Hall–Kier alpha value is -3.02. The Morgan fingerprint density at radius 2 is 2.05 bits per heavy atom. The molecule has 2 aromatic rings. The summed E-state index contributed by atoms with van der Waals surface area (Å²) in [6, 6.07) is 9.04. The minimum atomic E-state index is -0.227. The third-order valence-electron chi connectivity index (χ3n) is 3.06. The monoisotopic (exact) mass is 297 g/mol. The van der Waals surface area contributed by atoms with Crippen molar-refractivity contribution in [3.63, 3.8) is 0 Å². The zero-order valence-electron chi connectivity index (χ0n) is 11.8. The number of carbonyl (C=O) groups excluding carboxylic acids is 1. The molecular formula is C16H15N3O3. The van der Waals surface area contributed by atoms with E-state index in [1.165, 1.54) is 0 Å². The number of rotatable bonds is 5. The lowest BCUT2D eigenvalue weighted by molar-refractivity contribution is 0.0953. The van der Waals surface area contributed by atoms with Crippen molar-refractivity contribution < 1.29 is 14.3 Å². The molecule has 0 bridgehead atoms. The van der Waals surface area contributed by atoms with Gasteiger partial charge in [-0.1, -0.05) is 6.08 Å². The topological polar surface area (TPSA) is 72.5 Å². The van der Waals surface area contributed by atoms with Crippen molar-refractivity contribution in [1.29, 1.82) is 0 Å². The Kier molecular flexibility index (Phi) is 3.91. The van der Waals surface area contributed by atoms with Gasteiger partial charge in [0.2, 0.25) is 6.79 Å². The first-order valence-corrected chi connectivity index (χ1v) is 6.78. The molecule has 6 heteroatoms. The summed E-state index contributed by atoms with van der Waals surface area (Å²) in [6.07, 6.45) is 3.22. The lowest BCUT2D eigenvalue weighted by Crippen LogP contribution is -2.24. The van der Waals surface area contributed by atoms with E-state index in [-0.39, 0.29) is 12.7 Å². The number of aromatic nitrogens is 1. The Labute approximate surface area is 127 Å². The van der Waals surface area contributed by atoms with E-state index in [2.05, 4.69) is 22.2 Å². The van der Waals surface area contributed by atoms with Crippen molar-refractivity contribution in [3.8, 4) is 11.5 Å². The third kappa shape index (κ3) is 3.01. The molecule has 0 fully saturated rings. The van der Waals surface area contributed by atoms with Gasteiger partial charge in [-0.15, -0.1) is 6.58 Å². The number of pyridine rings is 1. The summed E-state index contributed by atoms with van der Waals surface area (Å²) in [4.78, 5) is 15.9. The molecule has 0 saturated heterocycles. The highest BCUT2D eigenvalue weighted by Crippen LogP contribution is 2.34. The first-order valence-electron chi connectivity index (χ1n) is 6.78. The maximum absolute atomic E-state index is 11.7. The molecule has 1 aliphatic rings. The number of nitrogens with zero attached hydrogens (tertiary/aromatic N) is 1. The van der Waals surface area contributed by atoms with Crippen LogP contribution in [0.4, 0.5) is 11.4 Å². The molecule has 6 nitrogen and oxygen atoms in total. The van der Waals surface area contributed by atoms with Gasteiger partial charge in [0.1, 0.15) is 5.69 Å². The maximum Gasteiger partial charge on any atom is 0.270 e. The predicted octanol–water partition coefficient (Wildman–Crippen LogP) is 2.47. The van der Waals surface area contributed by atoms with E-state index >= 15 is 0 Å². The normalized spacial score (nSPS) is 11.8. The van der Waals surface area contributed by atoms with Crippen LogP contribution in [0.5, 0.6) is 11.5 Å².